The summed E-state index contributed by atoms with van der Waals surface area (Å²) in [4.78, 5) is 0. The second-order valence-electron chi connectivity index (χ2n) is 4.85. The Morgan fingerprint density at radius 1 is 1.23 bits per heavy atom. The lowest BCUT2D eigenvalue weighted by atomic mass is 9.81. The van der Waals surface area contributed by atoms with Gasteiger partial charge in [0.2, 0.25) is 0 Å². The van der Waals surface area contributed by atoms with Gasteiger partial charge in [-0.1, -0.05) is 27.7 Å². The van der Waals surface area contributed by atoms with Crippen molar-refractivity contribution in [1.29, 1.82) is 0 Å². The van der Waals surface area contributed by atoms with Crippen LogP contribution in [0.4, 0.5) is 0 Å². The Morgan fingerprint density at radius 3 is 1.77 bits per heavy atom. The SMILES string of the molecule is CCC(NC)(O[SiH](C)C)C(C)(C)C. The molecule has 1 N–H and O–H groups in total. The molecule has 0 fully saturated rings. The summed E-state index contributed by atoms with van der Waals surface area (Å²) in [6.45, 7) is 13.3. The fourth-order valence-electron chi connectivity index (χ4n) is 1.80. The summed E-state index contributed by atoms with van der Waals surface area (Å²) in [5.74, 6) is 0. The first-order valence-corrected chi connectivity index (χ1v) is 7.94. The van der Waals surface area contributed by atoms with Gasteiger partial charge in [0, 0.05) is 5.41 Å². The van der Waals surface area contributed by atoms with Gasteiger partial charge in [0.1, 0.15) is 5.72 Å². The fraction of sp³-hybridized carbons (Fsp3) is 1.00. The molecule has 2 nitrogen and oxygen atoms in total. The van der Waals surface area contributed by atoms with Crippen molar-refractivity contribution in [2.75, 3.05) is 7.05 Å². The molecule has 3 heteroatoms. The van der Waals surface area contributed by atoms with Crippen molar-refractivity contribution in [1.82, 2.24) is 5.32 Å². The molecular formula is C10H25NOSi. The Hall–Kier alpha value is 0.137. The van der Waals surface area contributed by atoms with Crippen LogP contribution in [0.15, 0.2) is 0 Å². The molecule has 0 radical (unpaired) electrons. The Kier molecular flexibility index (Phi) is 4.62. The van der Waals surface area contributed by atoms with Gasteiger partial charge in [-0.05, 0) is 26.6 Å². The van der Waals surface area contributed by atoms with Crippen LogP contribution in [0.5, 0.6) is 0 Å². The zero-order valence-electron chi connectivity index (χ0n) is 10.2. The molecule has 0 aromatic carbocycles. The molecule has 13 heavy (non-hydrogen) atoms. The third kappa shape index (κ3) is 3.08. The lowest BCUT2D eigenvalue weighted by molar-refractivity contribution is -0.0622. The van der Waals surface area contributed by atoms with E-state index in [1.54, 1.807) is 0 Å². The molecule has 0 spiro atoms. The summed E-state index contributed by atoms with van der Waals surface area (Å²) < 4.78 is 6.13. The maximum atomic E-state index is 6.13. The van der Waals surface area contributed by atoms with Crippen molar-refractivity contribution in [2.45, 2.75) is 52.9 Å². The molecular weight excluding hydrogens is 178 g/mol. The minimum atomic E-state index is -0.993. The predicted octanol–water partition coefficient (Wildman–Crippen LogP) is 2.36. The summed E-state index contributed by atoms with van der Waals surface area (Å²) >= 11 is 0. The molecule has 0 amide bonds. The highest BCUT2D eigenvalue weighted by atomic mass is 28.3. The summed E-state index contributed by atoms with van der Waals surface area (Å²) in [5, 5.41) is 3.35. The molecule has 0 saturated carbocycles. The monoisotopic (exact) mass is 203 g/mol. The second kappa shape index (κ2) is 4.58. The van der Waals surface area contributed by atoms with Gasteiger partial charge >= 0.3 is 0 Å². The molecule has 0 aliphatic heterocycles. The maximum absolute atomic E-state index is 6.13. The lowest BCUT2D eigenvalue weighted by Gasteiger charge is -2.45. The van der Waals surface area contributed by atoms with Crippen molar-refractivity contribution in [3.05, 3.63) is 0 Å². The van der Waals surface area contributed by atoms with Gasteiger partial charge < -0.3 is 4.43 Å². The van der Waals surface area contributed by atoms with Crippen LogP contribution in [0.1, 0.15) is 34.1 Å². The summed E-state index contributed by atoms with van der Waals surface area (Å²) in [6, 6.07) is 0. The van der Waals surface area contributed by atoms with Gasteiger partial charge in [-0.25, -0.2) is 0 Å². The van der Waals surface area contributed by atoms with Crippen LogP contribution < -0.4 is 5.32 Å². The van der Waals surface area contributed by atoms with E-state index in [1.807, 2.05) is 7.05 Å². The average Bonchev–Trinajstić information content (AvgIpc) is 1.97. The van der Waals surface area contributed by atoms with Crippen LogP contribution in [0.3, 0.4) is 0 Å². The molecule has 0 aromatic rings. The quantitative estimate of drug-likeness (QED) is 0.559. The summed E-state index contributed by atoms with van der Waals surface area (Å²) in [6.07, 6.45) is 1.01. The topological polar surface area (TPSA) is 21.3 Å². The van der Waals surface area contributed by atoms with Gasteiger partial charge in [-0.3, -0.25) is 5.32 Å². The second-order valence-corrected chi connectivity index (χ2v) is 7.18. The highest BCUT2D eigenvalue weighted by Crippen LogP contribution is 2.34. The average molecular weight is 203 g/mol. The van der Waals surface area contributed by atoms with Crippen LogP contribution in [0, 0.1) is 5.41 Å². The smallest absolute Gasteiger partial charge is 0.173 e. The molecule has 1 atom stereocenters. The molecule has 1 unspecified atom stereocenters. The van der Waals surface area contributed by atoms with Crippen molar-refractivity contribution in [2.24, 2.45) is 5.41 Å². The van der Waals surface area contributed by atoms with Gasteiger partial charge in [0.15, 0.2) is 9.04 Å². The van der Waals surface area contributed by atoms with Crippen LogP contribution in [-0.4, -0.2) is 21.8 Å². The van der Waals surface area contributed by atoms with Crippen LogP contribution in [0.25, 0.3) is 0 Å². The Labute approximate surface area is 84.8 Å². The molecule has 0 aromatic heterocycles. The van der Waals surface area contributed by atoms with Crippen molar-refractivity contribution < 1.29 is 4.43 Å². The number of rotatable bonds is 4. The van der Waals surface area contributed by atoms with E-state index >= 15 is 0 Å². The van der Waals surface area contributed by atoms with Crippen LogP contribution in [-0.2, 0) is 4.43 Å². The number of hydrogen-bond donors (Lipinski definition) is 1. The van der Waals surface area contributed by atoms with Crippen molar-refractivity contribution in [3.8, 4) is 0 Å². The van der Waals surface area contributed by atoms with E-state index in [-0.39, 0.29) is 11.1 Å². The van der Waals surface area contributed by atoms with E-state index in [0.717, 1.165) is 6.42 Å². The third-order valence-electron chi connectivity index (χ3n) is 2.55. The van der Waals surface area contributed by atoms with E-state index in [9.17, 15) is 0 Å². The van der Waals surface area contributed by atoms with Crippen LogP contribution in [0.2, 0.25) is 13.1 Å². The third-order valence-corrected chi connectivity index (χ3v) is 3.42. The Balaban J connectivity index is 4.70. The Bertz CT molecular complexity index is 147. The number of nitrogens with one attached hydrogen (secondary N) is 1. The molecule has 0 saturated heterocycles. The van der Waals surface area contributed by atoms with Gasteiger partial charge in [-0.2, -0.15) is 0 Å². The van der Waals surface area contributed by atoms with E-state index in [1.165, 1.54) is 0 Å². The zero-order valence-corrected chi connectivity index (χ0v) is 11.3. The van der Waals surface area contributed by atoms with E-state index in [2.05, 4.69) is 46.1 Å². The van der Waals surface area contributed by atoms with E-state index < -0.39 is 9.04 Å². The molecule has 0 aliphatic carbocycles. The highest BCUT2D eigenvalue weighted by Gasteiger charge is 2.40. The summed E-state index contributed by atoms with van der Waals surface area (Å²) in [5.41, 5.74) is 0.00115. The minimum absolute atomic E-state index is 0.145. The normalized spacial score (nSPS) is 17.5. The van der Waals surface area contributed by atoms with Gasteiger partial charge in [0.25, 0.3) is 0 Å². The largest absolute Gasteiger partial charge is 0.402 e. The first kappa shape index (κ1) is 13.1. The van der Waals surface area contributed by atoms with E-state index in [0.29, 0.717) is 0 Å². The molecule has 0 rings (SSSR count). The van der Waals surface area contributed by atoms with E-state index in [4.69, 9.17) is 4.43 Å². The zero-order chi connectivity index (χ0) is 10.7. The first-order valence-electron chi connectivity index (χ1n) is 5.16. The maximum Gasteiger partial charge on any atom is 0.173 e. The van der Waals surface area contributed by atoms with Crippen LogP contribution >= 0.6 is 0 Å². The number of hydrogen-bond acceptors (Lipinski definition) is 2. The first-order chi connectivity index (χ1) is 5.79. The fourth-order valence-corrected chi connectivity index (χ4v) is 3.25. The molecule has 80 valence electrons. The lowest BCUT2D eigenvalue weighted by Crippen LogP contribution is -2.56. The summed E-state index contributed by atoms with van der Waals surface area (Å²) in [7, 11) is 0.999. The minimum Gasteiger partial charge on any atom is -0.402 e. The van der Waals surface area contributed by atoms with Crippen molar-refractivity contribution in [3.63, 3.8) is 0 Å². The molecule has 0 heterocycles. The highest BCUT2D eigenvalue weighted by molar-refractivity contribution is 6.48. The molecule has 0 aliphatic rings. The standard InChI is InChI=1S/C10H25NOSi/c1-8-10(11-5,9(2,3)4)12-13(6)7/h11,13H,8H2,1-7H3. The van der Waals surface area contributed by atoms with Crippen molar-refractivity contribution >= 4 is 9.04 Å². The van der Waals surface area contributed by atoms with Gasteiger partial charge in [-0.15, -0.1) is 0 Å². The van der Waals surface area contributed by atoms with Gasteiger partial charge in [0.05, 0.1) is 0 Å². The Morgan fingerprint density at radius 2 is 1.69 bits per heavy atom. The predicted molar refractivity (Wildman–Crippen MR) is 61.5 cm³/mol. The molecule has 0 bridgehead atoms.